The van der Waals surface area contributed by atoms with E-state index in [0.717, 1.165) is 0 Å². The van der Waals surface area contributed by atoms with Crippen molar-refractivity contribution < 1.29 is 24.2 Å². The van der Waals surface area contributed by atoms with Crippen LogP contribution in [0.1, 0.15) is 19.4 Å². The molecule has 1 aromatic carbocycles. The van der Waals surface area contributed by atoms with Crippen LogP contribution in [0, 0.1) is 0 Å². The van der Waals surface area contributed by atoms with Crippen molar-refractivity contribution in [2.45, 2.75) is 19.4 Å². The van der Waals surface area contributed by atoms with Crippen LogP contribution in [-0.4, -0.2) is 29.3 Å². The topological polar surface area (TPSA) is 72.8 Å². The molecular formula is C14H14O5. The van der Waals surface area contributed by atoms with Crippen LogP contribution in [0.3, 0.4) is 0 Å². The summed E-state index contributed by atoms with van der Waals surface area (Å²) in [4.78, 5) is 23.5. The molecule has 0 spiro atoms. The Hall–Kier alpha value is -2.30. The van der Waals surface area contributed by atoms with Crippen LogP contribution in [0.2, 0.25) is 0 Å². The summed E-state index contributed by atoms with van der Waals surface area (Å²) in [7, 11) is 0. The van der Waals surface area contributed by atoms with E-state index in [1.165, 1.54) is 6.92 Å². The molecule has 100 valence electrons. The minimum atomic E-state index is -1.61. The number of aliphatic hydroxyl groups is 1. The number of carbonyl (C=O) groups excluding carboxylic acids is 2. The van der Waals surface area contributed by atoms with Gasteiger partial charge in [-0.2, -0.15) is 0 Å². The van der Waals surface area contributed by atoms with Gasteiger partial charge in [0.1, 0.15) is 0 Å². The Morgan fingerprint density at radius 2 is 2.00 bits per heavy atom. The molecule has 0 amide bonds. The Kier molecular flexibility index (Phi) is 3.29. The summed E-state index contributed by atoms with van der Waals surface area (Å²) >= 11 is 0. The zero-order valence-corrected chi connectivity index (χ0v) is 10.7. The highest BCUT2D eigenvalue weighted by Gasteiger charge is 2.52. The first-order valence-corrected chi connectivity index (χ1v) is 5.90. The standard InChI is InChI=1S/C14H14O5/c1-3-18-13(17)14(2)10(11(15)12(16)19-14)9-7-5-4-6-8-9/h4-8,15H,3H2,1-2H3. The van der Waals surface area contributed by atoms with E-state index in [1.54, 1.807) is 37.3 Å². The summed E-state index contributed by atoms with van der Waals surface area (Å²) < 4.78 is 9.92. The minimum absolute atomic E-state index is 0.136. The number of carbonyl (C=O) groups is 2. The average molecular weight is 262 g/mol. The van der Waals surface area contributed by atoms with Crippen LogP contribution in [0.5, 0.6) is 0 Å². The summed E-state index contributed by atoms with van der Waals surface area (Å²) in [6, 6.07) is 8.64. The zero-order valence-electron chi connectivity index (χ0n) is 10.7. The SMILES string of the molecule is CCOC(=O)C1(C)OC(=O)C(O)=C1c1ccccc1. The van der Waals surface area contributed by atoms with Gasteiger partial charge < -0.3 is 14.6 Å². The summed E-state index contributed by atoms with van der Waals surface area (Å²) in [5, 5.41) is 9.86. The second kappa shape index (κ2) is 4.76. The van der Waals surface area contributed by atoms with Crippen LogP contribution in [-0.2, 0) is 19.1 Å². The van der Waals surface area contributed by atoms with E-state index in [9.17, 15) is 14.7 Å². The second-order valence-corrected chi connectivity index (χ2v) is 4.23. The Morgan fingerprint density at radius 3 is 2.58 bits per heavy atom. The monoisotopic (exact) mass is 262 g/mol. The first-order valence-electron chi connectivity index (χ1n) is 5.90. The third-order valence-corrected chi connectivity index (χ3v) is 2.93. The first-order chi connectivity index (χ1) is 9.00. The molecule has 19 heavy (non-hydrogen) atoms. The van der Waals surface area contributed by atoms with Gasteiger partial charge in [0.15, 0.2) is 0 Å². The Balaban J connectivity index is 2.52. The average Bonchev–Trinajstić information content (AvgIpc) is 2.63. The highest BCUT2D eigenvalue weighted by molar-refractivity contribution is 6.10. The van der Waals surface area contributed by atoms with E-state index in [0.29, 0.717) is 5.56 Å². The lowest BCUT2D eigenvalue weighted by molar-refractivity contribution is -0.169. The number of ether oxygens (including phenoxy) is 2. The van der Waals surface area contributed by atoms with Gasteiger partial charge >= 0.3 is 11.9 Å². The quantitative estimate of drug-likeness (QED) is 0.841. The second-order valence-electron chi connectivity index (χ2n) is 4.23. The van der Waals surface area contributed by atoms with Gasteiger partial charge in [-0.15, -0.1) is 0 Å². The summed E-state index contributed by atoms with van der Waals surface area (Å²) in [6.07, 6.45) is 0. The van der Waals surface area contributed by atoms with Crippen LogP contribution < -0.4 is 0 Å². The minimum Gasteiger partial charge on any atom is -0.502 e. The van der Waals surface area contributed by atoms with E-state index in [2.05, 4.69) is 0 Å². The third-order valence-electron chi connectivity index (χ3n) is 2.93. The lowest BCUT2D eigenvalue weighted by Crippen LogP contribution is -2.39. The number of hydrogen-bond donors (Lipinski definition) is 1. The van der Waals surface area contributed by atoms with Gasteiger partial charge in [0.05, 0.1) is 12.2 Å². The van der Waals surface area contributed by atoms with Gasteiger partial charge in [-0.05, 0) is 19.4 Å². The molecule has 1 aliphatic rings. The predicted molar refractivity (Wildman–Crippen MR) is 67.1 cm³/mol. The van der Waals surface area contributed by atoms with E-state index in [1.807, 2.05) is 0 Å². The van der Waals surface area contributed by atoms with Gasteiger partial charge in [-0.25, -0.2) is 9.59 Å². The van der Waals surface area contributed by atoms with E-state index in [-0.39, 0.29) is 12.2 Å². The normalized spacial score (nSPS) is 22.3. The third kappa shape index (κ3) is 2.07. The Bertz CT molecular complexity index is 546. The Morgan fingerprint density at radius 1 is 1.37 bits per heavy atom. The molecule has 0 saturated heterocycles. The van der Waals surface area contributed by atoms with Crippen molar-refractivity contribution in [1.82, 2.24) is 0 Å². The van der Waals surface area contributed by atoms with Crippen molar-refractivity contribution in [2.24, 2.45) is 0 Å². The van der Waals surface area contributed by atoms with E-state index < -0.39 is 23.3 Å². The molecule has 1 aliphatic heterocycles. The molecule has 1 N–H and O–H groups in total. The largest absolute Gasteiger partial charge is 0.502 e. The number of aliphatic hydroxyl groups excluding tert-OH is 1. The van der Waals surface area contributed by atoms with Crippen molar-refractivity contribution in [2.75, 3.05) is 6.61 Å². The lowest BCUT2D eigenvalue weighted by Gasteiger charge is -2.23. The molecular weight excluding hydrogens is 248 g/mol. The molecule has 0 fully saturated rings. The lowest BCUT2D eigenvalue weighted by atomic mass is 9.90. The molecule has 5 nitrogen and oxygen atoms in total. The van der Waals surface area contributed by atoms with Crippen molar-refractivity contribution in [1.29, 1.82) is 0 Å². The van der Waals surface area contributed by atoms with Crippen LogP contribution in [0.25, 0.3) is 5.57 Å². The maximum atomic E-state index is 12.0. The molecule has 0 aliphatic carbocycles. The maximum Gasteiger partial charge on any atom is 0.375 e. The highest BCUT2D eigenvalue weighted by atomic mass is 16.6. The van der Waals surface area contributed by atoms with Gasteiger partial charge in [0.25, 0.3) is 0 Å². The van der Waals surface area contributed by atoms with Crippen molar-refractivity contribution >= 4 is 17.5 Å². The molecule has 1 heterocycles. The fourth-order valence-corrected chi connectivity index (χ4v) is 2.04. The van der Waals surface area contributed by atoms with Crippen LogP contribution in [0.4, 0.5) is 0 Å². The van der Waals surface area contributed by atoms with Gasteiger partial charge in [-0.3, -0.25) is 0 Å². The van der Waals surface area contributed by atoms with E-state index >= 15 is 0 Å². The summed E-state index contributed by atoms with van der Waals surface area (Å²) in [5.41, 5.74) is -0.934. The molecule has 1 aromatic rings. The Labute approximate surface area is 110 Å². The van der Waals surface area contributed by atoms with Crippen molar-refractivity contribution in [3.05, 3.63) is 41.7 Å². The molecule has 0 saturated carbocycles. The fraction of sp³-hybridized carbons (Fsp3) is 0.286. The van der Waals surface area contributed by atoms with Crippen molar-refractivity contribution in [3.63, 3.8) is 0 Å². The number of esters is 2. The smallest absolute Gasteiger partial charge is 0.375 e. The maximum absolute atomic E-state index is 12.0. The summed E-state index contributed by atoms with van der Waals surface area (Å²) in [5.74, 6) is -2.18. The zero-order chi connectivity index (χ0) is 14.0. The molecule has 1 atom stereocenters. The van der Waals surface area contributed by atoms with Crippen LogP contribution in [0.15, 0.2) is 36.1 Å². The van der Waals surface area contributed by atoms with E-state index in [4.69, 9.17) is 9.47 Å². The fourth-order valence-electron chi connectivity index (χ4n) is 2.04. The number of cyclic esters (lactones) is 1. The number of benzene rings is 1. The summed E-state index contributed by atoms with van der Waals surface area (Å²) in [6.45, 7) is 3.23. The molecule has 2 rings (SSSR count). The first kappa shape index (κ1) is 13.1. The predicted octanol–water partition coefficient (Wildman–Crippen LogP) is 1.83. The van der Waals surface area contributed by atoms with Gasteiger partial charge in [0, 0.05) is 0 Å². The van der Waals surface area contributed by atoms with Gasteiger partial charge in [-0.1, -0.05) is 30.3 Å². The number of hydrogen-bond acceptors (Lipinski definition) is 5. The molecule has 0 bridgehead atoms. The molecule has 0 radical (unpaired) electrons. The molecule has 5 heteroatoms. The molecule has 1 unspecified atom stereocenters. The van der Waals surface area contributed by atoms with Crippen LogP contribution >= 0.6 is 0 Å². The van der Waals surface area contributed by atoms with Gasteiger partial charge in [0.2, 0.25) is 11.4 Å². The highest BCUT2D eigenvalue weighted by Crippen LogP contribution is 2.39. The molecule has 0 aromatic heterocycles. The number of rotatable bonds is 3. The van der Waals surface area contributed by atoms with Crippen molar-refractivity contribution in [3.8, 4) is 0 Å².